The van der Waals surface area contributed by atoms with Crippen molar-refractivity contribution in [2.24, 2.45) is 0 Å². The van der Waals surface area contributed by atoms with Gasteiger partial charge in [-0.15, -0.1) is 0 Å². The second kappa shape index (κ2) is 8.86. The molecule has 2 aromatic carbocycles. The quantitative estimate of drug-likeness (QED) is 0.551. The van der Waals surface area contributed by atoms with Crippen molar-refractivity contribution in [1.29, 1.82) is 0 Å². The molecule has 0 aliphatic rings. The van der Waals surface area contributed by atoms with Crippen LogP contribution in [-0.4, -0.2) is 28.4 Å². The van der Waals surface area contributed by atoms with Gasteiger partial charge in [0, 0.05) is 17.3 Å². The highest BCUT2D eigenvalue weighted by atomic mass is 19.4. The van der Waals surface area contributed by atoms with Crippen LogP contribution in [0.5, 0.6) is 0 Å². The van der Waals surface area contributed by atoms with E-state index in [1.165, 1.54) is 18.2 Å². The Labute approximate surface area is 172 Å². The normalized spacial score (nSPS) is 11.6. The molecule has 5 nitrogen and oxygen atoms in total. The van der Waals surface area contributed by atoms with Crippen molar-refractivity contribution < 1.29 is 18.0 Å². The summed E-state index contributed by atoms with van der Waals surface area (Å²) in [6.07, 6.45) is -1.37. The number of hydrogen-bond donors (Lipinski definition) is 2. The summed E-state index contributed by atoms with van der Waals surface area (Å²) < 4.78 is 39.2. The Kier molecular flexibility index (Phi) is 6.25. The topological polar surface area (TPSA) is 59.0 Å². The van der Waals surface area contributed by atoms with Gasteiger partial charge in [0.25, 0.3) is 0 Å². The summed E-state index contributed by atoms with van der Waals surface area (Å²) in [4.78, 5) is 12.4. The lowest BCUT2D eigenvalue weighted by Gasteiger charge is -2.13. The molecule has 0 saturated carbocycles. The maximum absolute atomic E-state index is 12.5. The van der Waals surface area contributed by atoms with Crippen LogP contribution in [-0.2, 0) is 4.79 Å². The number of carbonyl (C=O) groups is 1. The van der Waals surface area contributed by atoms with Crippen LogP contribution in [0.25, 0.3) is 11.8 Å². The zero-order valence-corrected chi connectivity index (χ0v) is 16.5. The first-order chi connectivity index (χ1) is 14.2. The van der Waals surface area contributed by atoms with E-state index in [-0.39, 0.29) is 11.4 Å². The van der Waals surface area contributed by atoms with E-state index in [2.05, 4.69) is 15.7 Å². The van der Waals surface area contributed by atoms with Crippen LogP contribution < -0.4 is 10.6 Å². The molecule has 0 aliphatic heterocycles. The van der Waals surface area contributed by atoms with Crippen molar-refractivity contribution in [3.63, 3.8) is 0 Å². The largest absolute Gasteiger partial charge is 0.405 e. The fraction of sp³-hybridized carbons (Fsp3) is 0.182. The summed E-state index contributed by atoms with van der Waals surface area (Å²) in [6.45, 7) is 2.56. The van der Waals surface area contributed by atoms with Crippen LogP contribution in [0.4, 0.5) is 24.5 Å². The Hall–Kier alpha value is -3.55. The molecule has 0 aliphatic carbocycles. The van der Waals surface area contributed by atoms with Gasteiger partial charge in [-0.2, -0.15) is 18.3 Å². The van der Waals surface area contributed by atoms with Crippen LogP contribution in [0.1, 0.15) is 17.0 Å². The van der Waals surface area contributed by atoms with E-state index < -0.39 is 18.6 Å². The summed E-state index contributed by atoms with van der Waals surface area (Å²) in [5, 5.41) is 9.43. The lowest BCUT2D eigenvalue weighted by molar-refractivity contribution is -0.115. The molecular formula is C22H21F3N4O. The highest BCUT2D eigenvalue weighted by Gasteiger charge is 2.27. The van der Waals surface area contributed by atoms with Crippen LogP contribution in [0, 0.1) is 13.8 Å². The van der Waals surface area contributed by atoms with Crippen LogP contribution in [0.3, 0.4) is 0 Å². The number of benzene rings is 2. The second-order valence-corrected chi connectivity index (χ2v) is 6.67. The van der Waals surface area contributed by atoms with E-state index in [1.807, 2.05) is 44.2 Å². The van der Waals surface area contributed by atoms with Crippen molar-refractivity contribution in [2.45, 2.75) is 20.0 Å². The molecule has 3 aromatic rings. The summed E-state index contributed by atoms with van der Waals surface area (Å²) in [7, 11) is 0. The molecule has 1 amide bonds. The molecule has 0 atom stereocenters. The van der Waals surface area contributed by atoms with Gasteiger partial charge in [-0.3, -0.25) is 4.79 Å². The Morgan fingerprint density at radius 2 is 1.67 bits per heavy atom. The predicted octanol–water partition coefficient (Wildman–Crippen LogP) is 5.12. The second-order valence-electron chi connectivity index (χ2n) is 6.67. The monoisotopic (exact) mass is 414 g/mol. The van der Waals surface area contributed by atoms with Crippen LogP contribution >= 0.6 is 0 Å². The van der Waals surface area contributed by atoms with Gasteiger partial charge in [0.15, 0.2) is 0 Å². The van der Waals surface area contributed by atoms with Crippen LogP contribution in [0.15, 0.2) is 60.7 Å². The maximum Gasteiger partial charge on any atom is 0.405 e. The molecule has 1 heterocycles. The number of aromatic nitrogens is 2. The minimum absolute atomic E-state index is 0.195. The predicted molar refractivity (Wildman–Crippen MR) is 112 cm³/mol. The molecule has 30 heavy (non-hydrogen) atoms. The molecular weight excluding hydrogens is 393 g/mol. The molecule has 3 rings (SSSR count). The smallest absolute Gasteiger partial charge is 0.375 e. The third kappa shape index (κ3) is 5.28. The lowest BCUT2D eigenvalue weighted by Crippen LogP contribution is -2.22. The third-order valence-electron chi connectivity index (χ3n) is 4.41. The van der Waals surface area contributed by atoms with Crippen LogP contribution in [0.2, 0.25) is 0 Å². The Morgan fingerprint density at radius 3 is 2.33 bits per heavy atom. The zero-order valence-electron chi connectivity index (χ0n) is 16.5. The summed E-state index contributed by atoms with van der Waals surface area (Å²) >= 11 is 0. The fourth-order valence-electron chi connectivity index (χ4n) is 2.99. The number of carbonyl (C=O) groups excluding carboxylic acids is 1. The molecule has 2 N–H and O–H groups in total. The van der Waals surface area contributed by atoms with Crippen molar-refractivity contribution in [3.05, 3.63) is 77.6 Å². The van der Waals surface area contributed by atoms with Crippen molar-refractivity contribution in [1.82, 2.24) is 9.78 Å². The molecule has 0 unspecified atom stereocenters. The standard InChI is InChI=1S/C22H21F3N4O/c1-15-18(16(2)29(28-15)17-8-4-3-5-9-17)12-13-21(30)27-20-11-7-6-10-19(20)26-14-22(23,24)25/h3-13,26H,14H2,1-2H3,(H,27,30)/b13-12+. The SMILES string of the molecule is Cc1nn(-c2ccccc2)c(C)c1/C=C/C(=O)Nc1ccccc1NCC(F)(F)F. The zero-order chi connectivity index (χ0) is 21.7. The average molecular weight is 414 g/mol. The molecule has 0 saturated heterocycles. The number of rotatable bonds is 6. The Bertz CT molecular complexity index is 1060. The third-order valence-corrected chi connectivity index (χ3v) is 4.41. The fourth-order valence-corrected chi connectivity index (χ4v) is 2.99. The molecule has 0 bridgehead atoms. The number of hydrogen-bond acceptors (Lipinski definition) is 3. The van der Waals surface area contributed by atoms with Crippen molar-refractivity contribution in [3.8, 4) is 5.69 Å². The van der Waals surface area contributed by atoms with Gasteiger partial charge in [-0.1, -0.05) is 30.3 Å². The van der Waals surface area contributed by atoms with E-state index in [9.17, 15) is 18.0 Å². The molecule has 156 valence electrons. The van der Waals surface area contributed by atoms with Crippen molar-refractivity contribution >= 4 is 23.4 Å². The van der Waals surface area contributed by atoms with Gasteiger partial charge >= 0.3 is 6.18 Å². The van der Waals surface area contributed by atoms with E-state index in [0.29, 0.717) is 0 Å². The van der Waals surface area contributed by atoms with Gasteiger partial charge in [-0.25, -0.2) is 4.68 Å². The van der Waals surface area contributed by atoms with Gasteiger partial charge in [0.1, 0.15) is 6.54 Å². The van der Waals surface area contributed by atoms with E-state index in [1.54, 1.807) is 22.9 Å². The molecule has 1 aromatic heterocycles. The van der Waals surface area contributed by atoms with Gasteiger partial charge in [0.05, 0.1) is 22.8 Å². The van der Waals surface area contributed by atoms with E-state index in [0.717, 1.165) is 22.6 Å². The Balaban J connectivity index is 1.74. The number of aryl methyl sites for hydroxylation is 1. The minimum Gasteiger partial charge on any atom is -0.375 e. The highest BCUT2D eigenvalue weighted by Crippen LogP contribution is 2.24. The maximum atomic E-state index is 12.5. The first kappa shape index (κ1) is 21.2. The van der Waals surface area contributed by atoms with Gasteiger partial charge in [-0.05, 0) is 44.2 Å². The molecule has 0 radical (unpaired) electrons. The summed E-state index contributed by atoms with van der Waals surface area (Å²) in [6, 6.07) is 15.9. The minimum atomic E-state index is -4.36. The summed E-state index contributed by atoms with van der Waals surface area (Å²) in [5.41, 5.74) is 3.80. The van der Waals surface area contributed by atoms with E-state index >= 15 is 0 Å². The van der Waals surface area contributed by atoms with Gasteiger partial charge < -0.3 is 10.6 Å². The average Bonchev–Trinajstić information content (AvgIpc) is 2.99. The number of anilines is 2. The number of alkyl halides is 3. The summed E-state index contributed by atoms with van der Waals surface area (Å²) in [5.74, 6) is -0.456. The molecule has 8 heteroatoms. The number of nitrogens with one attached hydrogen (secondary N) is 2. The number of para-hydroxylation sites is 3. The number of halogens is 3. The molecule has 0 fully saturated rings. The number of amides is 1. The number of nitrogens with zero attached hydrogens (tertiary/aromatic N) is 2. The Morgan fingerprint density at radius 1 is 1.03 bits per heavy atom. The van der Waals surface area contributed by atoms with Crippen molar-refractivity contribution in [2.75, 3.05) is 17.2 Å². The van der Waals surface area contributed by atoms with Gasteiger partial charge in [0.2, 0.25) is 5.91 Å². The first-order valence-electron chi connectivity index (χ1n) is 9.25. The lowest BCUT2D eigenvalue weighted by atomic mass is 10.1. The first-order valence-corrected chi connectivity index (χ1v) is 9.25. The van der Waals surface area contributed by atoms with E-state index in [4.69, 9.17) is 0 Å². The molecule has 0 spiro atoms. The highest BCUT2D eigenvalue weighted by molar-refractivity contribution is 6.03.